The third kappa shape index (κ3) is 10.1. The summed E-state index contributed by atoms with van der Waals surface area (Å²) in [4.78, 5) is 32.6. The number of ketones is 2. The minimum atomic E-state index is -0.717. The van der Waals surface area contributed by atoms with Crippen LogP contribution in [0.2, 0.25) is 0 Å². The van der Waals surface area contributed by atoms with E-state index in [2.05, 4.69) is 0 Å². The minimum Gasteiger partial charge on any atom is -0.481 e. The lowest BCUT2D eigenvalue weighted by Gasteiger charge is -2.09. The van der Waals surface area contributed by atoms with Crippen LogP contribution in [0.25, 0.3) is 0 Å². The highest BCUT2D eigenvalue weighted by Crippen LogP contribution is 2.12. The Morgan fingerprint density at radius 2 is 1.22 bits per heavy atom. The maximum Gasteiger partial charge on any atom is 0.303 e. The fourth-order valence-electron chi connectivity index (χ4n) is 2.74. The van der Waals surface area contributed by atoms with Crippen molar-refractivity contribution in [1.29, 1.82) is 0 Å². The van der Waals surface area contributed by atoms with Gasteiger partial charge in [-0.25, -0.2) is 0 Å². The summed E-state index contributed by atoms with van der Waals surface area (Å²) in [7, 11) is 0. The van der Waals surface area contributed by atoms with E-state index in [9.17, 15) is 14.4 Å². The van der Waals surface area contributed by atoms with Gasteiger partial charge in [-0.3, -0.25) is 14.4 Å². The quantitative estimate of drug-likeness (QED) is 0.661. The smallest absolute Gasteiger partial charge is 0.303 e. The molecule has 144 valence electrons. The fraction of sp³-hybridized carbons (Fsp3) is 0.348. The summed E-state index contributed by atoms with van der Waals surface area (Å²) in [5.41, 5.74) is 2.38. The number of carboxylic acid groups (broad SMARTS) is 1. The van der Waals surface area contributed by atoms with Crippen molar-refractivity contribution in [2.75, 3.05) is 0 Å². The molecule has 0 bridgehead atoms. The van der Waals surface area contributed by atoms with Crippen molar-refractivity contribution < 1.29 is 19.5 Å². The number of benzene rings is 2. The number of carbonyl (C=O) groups excluding carboxylic acids is 2. The zero-order valence-corrected chi connectivity index (χ0v) is 16.1. The van der Waals surface area contributed by atoms with E-state index in [1.807, 2.05) is 60.7 Å². The van der Waals surface area contributed by atoms with Gasteiger partial charge in [-0.05, 0) is 50.7 Å². The second kappa shape index (κ2) is 12.6. The standard InChI is InChI=1S/C13H16O2.C10H12O2/c1-10(14)13(11(2)15)9-8-12-6-4-3-5-7-12;11-10(12)8-4-7-9-5-2-1-3-6-9/h3-7,13H,8-9H2,1-2H3;1-3,5-6H,4,7-8H2,(H,11,12). The van der Waals surface area contributed by atoms with Crippen LogP contribution in [0.4, 0.5) is 0 Å². The van der Waals surface area contributed by atoms with E-state index in [0.717, 1.165) is 19.3 Å². The van der Waals surface area contributed by atoms with E-state index >= 15 is 0 Å². The van der Waals surface area contributed by atoms with Crippen LogP contribution in [0.5, 0.6) is 0 Å². The van der Waals surface area contributed by atoms with E-state index in [0.29, 0.717) is 6.42 Å². The van der Waals surface area contributed by atoms with Gasteiger partial charge >= 0.3 is 5.97 Å². The molecular formula is C23H28O4. The molecule has 0 amide bonds. The van der Waals surface area contributed by atoms with E-state index in [1.165, 1.54) is 25.0 Å². The van der Waals surface area contributed by atoms with E-state index in [-0.39, 0.29) is 18.0 Å². The first-order valence-electron chi connectivity index (χ1n) is 9.20. The van der Waals surface area contributed by atoms with Crippen molar-refractivity contribution >= 4 is 17.5 Å². The van der Waals surface area contributed by atoms with Crippen LogP contribution in [0.1, 0.15) is 44.2 Å². The molecule has 0 aromatic heterocycles. The van der Waals surface area contributed by atoms with Gasteiger partial charge in [-0.2, -0.15) is 0 Å². The topological polar surface area (TPSA) is 71.4 Å². The van der Waals surface area contributed by atoms with E-state index < -0.39 is 11.9 Å². The van der Waals surface area contributed by atoms with Crippen molar-refractivity contribution in [2.45, 2.75) is 46.0 Å². The van der Waals surface area contributed by atoms with Crippen LogP contribution in [0, 0.1) is 5.92 Å². The van der Waals surface area contributed by atoms with Gasteiger partial charge in [-0.1, -0.05) is 60.7 Å². The Morgan fingerprint density at radius 1 is 0.778 bits per heavy atom. The number of rotatable bonds is 9. The summed E-state index contributed by atoms with van der Waals surface area (Å²) in [5, 5.41) is 8.39. The first kappa shape index (κ1) is 22.3. The van der Waals surface area contributed by atoms with Gasteiger partial charge in [0.15, 0.2) is 0 Å². The maximum atomic E-state index is 11.2. The van der Waals surface area contributed by atoms with Crippen LogP contribution < -0.4 is 0 Å². The molecule has 2 aromatic carbocycles. The van der Waals surface area contributed by atoms with Gasteiger partial charge in [0.2, 0.25) is 0 Å². The van der Waals surface area contributed by atoms with Crippen LogP contribution in [-0.2, 0) is 27.2 Å². The minimum absolute atomic E-state index is 0.0292. The molecule has 0 spiro atoms. The molecule has 0 aliphatic heterocycles. The van der Waals surface area contributed by atoms with Gasteiger partial charge in [0.25, 0.3) is 0 Å². The largest absolute Gasteiger partial charge is 0.481 e. The number of aliphatic carboxylic acids is 1. The molecule has 2 aromatic rings. The highest BCUT2D eigenvalue weighted by molar-refractivity contribution is 6.00. The molecule has 1 N–H and O–H groups in total. The van der Waals surface area contributed by atoms with E-state index in [1.54, 1.807) is 0 Å². The van der Waals surface area contributed by atoms with Gasteiger partial charge in [0.1, 0.15) is 11.6 Å². The predicted octanol–water partition coefficient (Wildman–Crippen LogP) is 4.51. The van der Waals surface area contributed by atoms with Gasteiger partial charge in [0, 0.05) is 6.42 Å². The fourth-order valence-corrected chi connectivity index (χ4v) is 2.74. The Hall–Kier alpha value is -2.75. The maximum absolute atomic E-state index is 11.2. The molecule has 0 aliphatic rings. The van der Waals surface area contributed by atoms with E-state index in [4.69, 9.17) is 5.11 Å². The van der Waals surface area contributed by atoms with Crippen molar-refractivity contribution in [3.63, 3.8) is 0 Å². The predicted molar refractivity (Wildman–Crippen MR) is 107 cm³/mol. The third-order valence-electron chi connectivity index (χ3n) is 4.24. The number of aryl methyl sites for hydroxylation is 2. The Labute approximate surface area is 161 Å². The molecule has 0 saturated carbocycles. The monoisotopic (exact) mass is 368 g/mol. The van der Waals surface area contributed by atoms with Crippen molar-refractivity contribution in [3.8, 4) is 0 Å². The molecule has 0 atom stereocenters. The summed E-state index contributed by atoms with van der Waals surface area (Å²) in [6.45, 7) is 2.97. The van der Waals surface area contributed by atoms with Crippen molar-refractivity contribution in [3.05, 3.63) is 71.8 Å². The van der Waals surface area contributed by atoms with Crippen molar-refractivity contribution in [1.82, 2.24) is 0 Å². The lowest BCUT2D eigenvalue weighted by Crippen LogP contribution is -2.20. The molecule has 4 nitrogen and oxygen atoms in total. The first-order chi connectivity index (χ1) is 12.9. The summed E-state index contributed by atoms with van der Waals surface area (Å²) in [6, 6.07) is 19.8. The number of carbonyl (C=O) groups is 3. The Kier molecular flexibility index (Phi) is 10.4. The van der Waals surface area contributed by atoms with Crippen LogP contribution in [0.3, 0.4) is 0 Å². The molecule has 0 radical (unpaired) electrons. The van der Waals surface area contributed by atoms with Crippen molar-refractivity contribution in [2.24, 2.45) is 5.92 Å². The Bertz CT molecular complexity index is 694. The summed E-state index contributed by atoms with van der Waals surface area (Å²) in [5.74, 6) is -1.20. The molecular weight excluding hydrogens is 340 g/mol. The second-order valence-electron chi connectivity index (χ2n) is 6.53. The zero-order chi connectivity index (χ0) is 20.1. The lowest BCUT2D eigenvalue weighted by atomic mass is 9.93. The highest BCUT2D eigenvalue weighted by atomic mass is 16.4. The second-order valence-corrected chi connectivity index (χ2v) is 6.53. The molecule has 0 unspecified atom stereocenters. The van der Waals surface area contributed by atoms with Crippen LogP contribution in [-0.4, -0.2) is 22.6 Å². The number of Topliss-reactive ketones (excluding diaryl/α,β-unsaturated/α-hetero) is 2. The Balaban J connectivity index is 0.000000277. The molecule has 0 heterocycles. The van der Waals surface area contributed by atoms with Crippen LogP contribution >= 0.6 is 0 Å². The molecule has 4 heteroatoms. The molecule has 0 aliphatic carbocycles. The summed E-state index contributed by atoms with van der Waals surface area (Å²) in [6.07, 6.45) is 3.24. The SMILES string of the molecule is CC(=O)C(CCc1ccccc1)C(C)=O.O=C(O)CCCc1ccccc1. The average Bonchev–Trinajstić information content (AvgIpc) is 2.63. The Morgan fingerprint density at radius 3 is 1.63 bits per heavy atom. The number of hydrogen-bond donors (Lipinski definition) is 1. The van der Waals surface area contributed by atoms with Gasteiger partial charge in [-0.15, -0.1) is 0 Å². The normalized spacial score (nSPS) is 10.0. The lowest BCUT2D eigenvalue weighted by molar-refractivity contribution is -0.137. The summed E-state index contributed by atoms with van der Waals surface area (Å²) >= 11 is 0. The van der Waals surface area contributed by atoms with Gasteiger partial charge < -0.3 is 5.11 Å². The summed E-state index contributed by atoms with van der Waals surface area (Å²) < 4.78 is 0. The highest BCUT2D eigenvalue weighted by Gasteiger charge is 2.18. The average molecular weight is 368 g/mol. The first-order valence-corrected chi connectivity index (χ1v) is 9.20. The zero-order valence-electron chi connectivity index (χ0n) is 16.1. The number of carboxylic acids is 1. The third-order valence-corrected chi connectivity index (χ3v) is 4.24. The van der Waals surface area contributed by atoms with Gasteiger partial charge in [0.05, 0.1) is 5.92 Å². The molecule has 0 fully saturated rings. The molecule has 27 heavy (non-hydrogen) atoms. The molecule has 2 rings (SSSR count). The molecule has 0 saturated heterocycles. The van der Waals surface area contributed by atoms with Crippen LogP contribution in [0.15, 0.2) is 60.7 Å². The number of hydrogen-bond acceptors (Lipinski definition) is 3.